The summed E-state index contributed by atoms with van der Waals surface area (Å²) in [4.78, 5) is 17.2. The SMILES string of the molecule is CC(F)(F)CCCCn1ncc(-c2nc(C(N)=O)c(-c3ccccc3)o2)n1. The molecule has 0 saturated carbocycles. The van der Waals surface area contributed by atoms with Crippen LogP contribution < -0.4 is 5.73 Å². The van der Waals surface area contributed by atoms with Crippen LogP contribution >= 0.6 is 0 Å². The molecule has 7 nitrogen and oxygen atoms in total. The third kappa shape index (κ3) is 4.75. The van der Waals surface area contributed by atoms with Gasteiger partial charge < -0.3 is 10.2 Å². The van der Waals surface area contributed by atoms with E-state index in [1.807, 2.05) is 6.07 Å². The fourth-order valence-electron chi connectivity index (χ4n) is 2.57. The first-order valence-electron chi connectivity index (χ1n) is 8.48. The Morgan fingerprint density at radius 2 is 2.00 bits per heavy atom. The summed E-state index contributed by atoms with van der Waals surface area (Å²) in [5, 5.41) is 8.32. The summed E-state index contributed by atoms with van der Waals surface area (Å²) in [5.41, 5.74) is 6.41. The van der Waals surface area contributed by atoms with Crippen molar-refractivity contribution in [1.82, 2.24) is 20.0 Å². The van der Waals surface area contributed by atoms with Crippen LogP contribution in [-0.2, 0) is 6.54 Å². The maximum Gasteiger partial charge on any atom is 0.271 e. The number of nitrogens with zero attached hydrogens (tertiary/aromatic N) is 4. The fourth-order valence-corrected chi connectivity index (χ4v) is 2.57. The Hall–Kier alpha value is -3.10. The molecule has 3 rings (SSSR count). The first-order valence-corrected chi connectivity index (χ1v) is 8.48. The van der Waals surface area contributed by atoms with Gasteiger partial charge in [0, 0.05) is 12.0 Å². The quantitative estimate of drug-likeness (QED) is 0.607. The molecule has 0 fully saturated rings. The van der Waals surface area contributed by atoms with Crippen LogP contribution in [-0.4, -0.2) is 31.8 Å². The molecular formula is C18H19F2N5O2. The second kappa shape index (κ2) is 7.65. The lowest BCUT2D eigenvalue weighted by atomic mass is 10.1. The van der Waals surface area contributed by atoms with Gasteiger partial charge in [0.1, 0.15) is 0 Å². The van der Waals surface area contributed by atoms with Crippen LogP contribution in [0.5, 0.6) is 0 Å². The van der Waals surface area contributed by atoms with E-state index in [0.717, 1.165) is 6.92 Å². The van der Waals surface area contributed by atoms with E-state index in [1.165, 1.54) is 11.0 Å². The van der Waals surface area contributed by atoms with Crippen LogP contribution in [0.15, 0.2) is 40.9 Å². The highest BCUT2D eigenvalue weighted by molar-refractivity contribution is 5.97. The Labute approximate surface area is 154 Å². The number of hydrogen-bond acceptors (Lipinski definition) is 5. The van der Waals surface area contributed by atoms with Crippen molar-refractivity contribution in [2.75, 3.05) is 0 Å². The van der Waals surface area contributed by atoms with Gasteiger partial charge in [0.2, 0.25) is 11.8 Å². The van der Waals surface area contributed by atoms with E-state index < -0.39 is 11.8 Å². The van der Waals surface area contributed by atoms with E-state index in [-0.39, 0.29) is 23.8 Å². The van der Waals surface area contributed by atoms with Crippen molar-refractivity contribution in [1.29, 1.82) is 0 Å². The number of aromatic nitrogens is 4. The molecule has 2 aromatic heterocycles. The molecule has 0 radical (unpaired) electrons. The zero-order valence-corrected chi connectivity index (χ0v) is 14.7. The predicted octanol–water partition coefficient (Wildman–Crippen LogP) is 3.52. The molecule has 0 aliphatic heterocycles. The van der Waals surface area contributed by atoms with Gasteiger partial charge in [-0.1, -0.05) is 30.3 Å². The minimum atomic E-state index is -2.67. The molecule has 1 aromatic carbocycles. The summed E-state index contributed by atoms with van der Waals surface area (Å²) < 4.78 is 31.3. The number of benzene rings is 1. The summed E-state index contributed by atoms with van der Waals surface area (Å²) in [6.45, 7) is 1.30. The number of rotatable bonds is 8. The first kappa shape index (κ1) is 18.7. The number of aryl methyl sites for hydroxylation is 1. The lowest BCUT2D eigenvalue weighted by Crippen LogP contribution is -2.12. The zero-order chi connectivity index (χ0) is 19.4. The smallest absolute Gasteiger partial charge is 0.271 e. The molecule has 0 bridgehead atoms. The molecule has 2 heterocycles. The zero-order valence-electron chi connectivity index (χ0n) is 14.7. The maximum atomic E-state index is 12.8. The summed E-state index contributed by atoms with van der Waals surface area (Å²) in [7, 11) is 0. The van der Waals surface area contributed by atoms with Gasteiger partial charge >= 0.3 is 0 Å². The van der Waals surface area contributed by atoms with E-state index in [1.54, 1.807) is 24.3 Å². The molecule has 0 unspecified atom stereocenters. The number of carbonyl (C=O) groups is 1. The highest BCUT2D eigenvalue weighted by Crippen LogP contribution is 2.28. The summed E-state index contributed by atoms with van der Waals surface area (Å²) >= 11 is 0. The third-order valence-electron chi connectivity index (χ3n) is 3.88. The van der Waals surface area contributed by atoms with Gasteiger partial charge in [-0.3, -0.25) is 4.79 Å². The molecular weight excluding hydrogens is 356 g/mol. The lowest BCUT2D eigenvalue weighted by molar-refractivity contribution is 0.0101. The number of primary amides is 1. The average molecular weight is 375 g/mol. The van der Waals surface area contributed by atoms with E-state index in [0.29, 0.717) is 30.6 Å². The fraction of sp³-hybridized carbons (Fsp3) is 0.333. The Bertz CT molecular complexity index is 915. The monoisotopic (exact) mass is 375 g/mol. The molecule has 27 heavy (non-hydrogen) atoms. The minimum absolute atomic E-state index is 0.0101. The Morgan fingerprint density at radius 3 is 2.67 bits per heavy atom. The molecule has 2 N–H and O–H groups in total. The molecule has 0 saturated heterocycles. The highest BCUT2D eigenvalue weighted by Gasteiger charge is 2.22. The maximum absolute atomic E-state index is 12.8. The normalized spacial score (nSPS) is 11.7. The largest absolute Gasteiger partial charge is 0.434 e. The summed E-state index contributed by atoms with van der Waals surface area (Å²) in [6, 6.07) is 9.00. The van der Waals surface area contributed by atoms with Gasteiger partial charge in [0.05, 0.1) is 12.7 Å². The average Bonchev–Trinajstić information content (AvgIpc) is 3.26. The summed E-state index contributed by atoms with van der Waals surface area (Å²) in [6.07, 6.45) is 2.15. The van der Waals surface area contributed by atoms with E-state index >= 15 is 0 Å². The third-order valence-corrected chi connectivity index (χ3v) is 3.88. The van der Waals surface area contributed by atoms with E-state index in [9.17, 15) is 13.6 Å². The topological polar surface area (TPSA) is 99.8 Å². The summed E-state index contributed by atoms with van der Waals surface area (Å²) in [5.74, 6) is -3.00. The van der Waals surface area contributed by atoms with Crippen molar-refractivity contribution in [2.45, 2.75) is 38.7 Å². The highest BCUT2D eigenvalue weighted by atomic mass is 19.3. The lowest BCUT2D eigenvalue weighted by Gasteiger charge is -2.08. The van der Waals surface area contributed by atoms with Crippen molar-refractivity contribution < 1.29 is 18.0 Å². The molecule has 1 amide bonds. The molecule has 0 atom stereocenters. The van der Waals surface area contributed by atoms with Crippen LogP contribution in [0.25, 0.3) is 22.9 Å². The van der Waals surface area contributed by atoms with Crippen molar-refractivity contribution in [2.24, 2.45) is 5.73 Å². The van der Waals surface area contributed by atoms with Gasteiger partial charge in [0.25, 0.3) is 5.91 Å². The predicted molar refractivity (Wildman–Crippen MR) is 93.9 cm³/mol. The molecule has 0 aliphatic carbocycles. The molecule has 142 valence electrons. The van der Waals surface area contributed by atoms with Gasteiger partial charge in [-0.05, 0) is 19.8 Å². The van der Waals surface area contributed by atoms with Gasteiger partial charge in [-0.15, -0.1) is 5.10 Å². The number of alkyl halides is 2. The second-order valence-electron chi connectivity index (χ2n) is 6.28. The van der Waals surface area contributed by atoms with Crippen molar-refractivity contribution in [3.63, 3.8) is 0 Å². The number of carbonyl (C=O) groups excluding carboxylic acids is 1. The van der Waals surface area contributed by atoms with Crippen molar-refractivity contribution >= 4 is 5.91 Å². The number of halogens is 2. The number of unbranched alkanes of at least 4 members (excludes halogenated alkanes) is 1. The molecule has 3 aromatic rings. The molecule has 0 spiro atoms. The van der Waals surface area contributed by atoms with Crippen molar-refractivity contribution in [3.8, 4) is 22.9 Å². The van der Waals surface area contributed by atoms with Crippen LogP contribution in [0.4, 0.5) is 8.78 Å². The number of nitrogens with two attached hydrogens (primary N) is 1. The molecule has 9 heteroatoms. The van der Waals surface area contributed by atoms with Crippen LogP contribution in [0.1, 0.15) is 36.7 Å². The van der Waals surface area contributed by atoms with E-state index in [2.05, 4.69) is 15.2 Å². The van der Waals surface area contributed by atoms with Gasteiger partial charge in [-0.25, -0.2) is 13.8 Å². The number of hydrogen-bond donors (Lipinski definition) is 1. The Balaban J connectivity index is 1.76. The van der Waals surface area contributed by atoms with Crippen LogP contribution in [0, 0.1) is 0 Å². The standard InChI is InChI=1S/C18H19F2N5O2/c1-18(19,20)9-5-6-10-25-22-11-13(24-25)17-23-14(16(21)26)15(27-17)12-7-3-2-4-8-12/h2-4,7-8,11H,5-6,9-10H2,1H3,(H2,21,26). The number of amides is 1. The molecule has 0 aliphatic rings. The van der Waals surface area contributed by atoms with Crippen LogP contribution in [0.3, 0.4) is 0 Å². The van der Waals surface area contributed by atoms with Gasteiger partial charge in [-0.2, -0.15) is 9.90 Å². The Morgan fingerprint density at radius 1 is 1.26 bits per heavy atom. The second-order valence-corrected chi connectivity index (χ2v) is 6.28. The van der Waals surface area contributed by atoms with Gasteiger partial charge in [0.15, 0.2) is 17.1 Å². The van der Waals surface area contributed by atoms with E-state index in [4.69, 9.17) is 10.2 Å². The van der Waals surface area contributed by atoms with Crippen LogP contribution in [0.2, 0.25) is 0 Å². The minimum Gasteiger partial charge on any atom is -0.434 e. The van der Waals surface area contributed by atoms with Crippen molar-refractivity contribution in [3.05, 3.63) is 42.2 Å². The Kier molecular flexibility index (Phi) is 5.29. The number of oxazole rings is 1. The first-order chi connectivity index (χ1) is 12.8.